The average molecular weight is 468 g/mol. The van der Waals surface area contributed by atoms with E-state index in [0.717, 1.165) is 13.1 Å². The molecule has 2 fully saturated rings. The van der Waals surface area contributed by atoms with Crippen LogP contribution in [0.3, 0.4) is 0 Å². The van der Waals surface area contributed by atoms with Crippen LogP contribution in [0.25, 0.3) is 0 Å². The number of nitrogens with zero attached hydrogens (tertiary/aromatic N) is 3. The lowest BCUT2D eigenvalue weighted by molar-refractivity contribution is -0.122. The Balaban J connectivity index is 1.62. The number of hydrogen-bond acceptors (Lipinski definition) is 7. The molecule has 0 radical (unpaired) electrons. The molecule has 1 atom stereocenters. The van der Waals surface area contributed by atoms with Crippen molar-refractivity contribution in [3.63, 3.8) is 0 Å². The summed E-state index contributed by atoms with van der Waals surface area (Å²) in [7, 11) is 3.02. The van der Waals surface area contributed by atoms with Crippen LogP contribution in [0.2, 0.25) is 0 Å². The fourth-order valence-electron chi connectivity index (χ4n) is 4.32. The quantitative estimate of drug-likeness (QED) is 0.547. The van der Waals surface area contributed by atoms with Crippen LogP contribution in [0.4, 0.5) is 5.69 Å². The maximum Gasteiger partial charge on any atom is 0.257 e. The number of carbonyl (C=O) groups is 3. The number of amides is 3. The number of anilines is 1. The van der Waals surface area contributed by atoms with E-state index in [1.165, 1.54) is 24.0 Å². The third kappa shape index (κ3) is 4.90. The fourth-order valence-corrected chi connectivity index (χ4v) is 4.32. The minimum absolute atomic E-state index is 0.0597. The Kier molecular flexibility index (Phi) is 7.44. The molecule has 2 aliphatic rings. The topological polar surface area (TPSA) is 88.6 Å². The lowest BCUT2D eigenvalue weighted by atomic mass is 10.1. The van der Waals surface area contributed by atoms with Gasteiger partial charge in [-0.2, -0.15) is 0 Å². The predicted octanol–water partition coefficient (Wildman–Crippen LogP) is 1.81. The number of rotatable bonds is 8. The third-order valence-corrected chi connectivity index (χ3v) is 6.17. The van der Waals surface area contributed by atoms with Crippen molar-refractivity contribution in [3.05, 3.63) is 54.1 Å². The summed E-state index contributed by atoms with van der Waals surface area (Å²) in [5.41, 5.74) is 0.865. The number of hydrogen-bond donors (Lipinski definition) is 0. The Morgan fingerprint density at radius 3 is 2.41 bits per heavy atom. The Morgan fingerprint density at radius 2 is 1.74 bits per heavy atom. The summed E-state index contributed by atoms with van der Waals surface area (Å²) in [6.45, 7) is 3.65. The van der Waals surface area contributed by atoms with E-state index in [9.17, 15) is 14.4 Å². The molecule has 9 heteroatoms. The first-order valence-corrected chi connectivity index (χ1v) is 11.3. The summed E-state index contributed by atoms with van der Waals surface area (Å²) in [6.07, 6.45) is -0.0597. The molecule has 3 amide bonds. The van der Waals surface area contributed by atoms with E-state index in [1.54, 1.807) is 42.5 Å². The lowest BCUT2D eigenvalue weighted by Gasteiger charge is -2.32. The first kappa shape index (κ1) is 23.7. The minimum atomic E-state index is -0.880. The molecule has 34 heavy (non-hydrogen) atoms. The summed E-state index contributed by atoms with van der Waals surface area (Å²) < 4.78 is 16.0. The number of imide groups is 1. The third-order valence-electron chi connectivity index (χ3n) is 6.17. The van der Waals surface area contributed by atoms with E-state index in [-0.39, 0.29) is 18.2 Å². The van der Waals surface area contributed by atoms with E-state index >= 15 is 0 Å². The van der Waals surface area contributed by atoms with Crippen molar-refractivity contribution in [3.8, 4) is 11.5 Å². The van der Waals surface area contributed by atoms with Crippen molar-refractivity contribution in [2.24, 2.45) is 0 Å². The zero-order valence-corrected chi connectivity index (χ0v) is 19.4. The highest BCUT2D eigenvalue weighted by atomic mass is 16.5. The molecule has 0 aromatic heterocycles. The van der Waals surface area contributed by atoms with Gasteiger partial charge in [-0.1, -0.05) is 18.2 Å². The van der Waals surface area contributed by atoms with Crippen molar-refractivity contribution in [1.82, 2.24) is 9.80 Å². The van der Waals surface area contributed by atoms with Crippen LogP contribution < -0.4 is 14.4 Å². The van der Waals surface area contributed by atoms with Crippen LogP contribution in [0, 0.1) is 0 Å². The van der Waals surface area contributed by atoms with Crippen molar-refractivity contribution >= 4 is 23.4 Å². The molecule has 1 unspecified atom stereocenters. The number of morpholine rings is 1. The molecule has 9 nitrogen and oxygen atoms in total. The lowest BCUT2D eigenvalue weighted by Crippen LogP contribution is -2.49. The summed E-state index contributed by atoms with van der Waals surface area (Å²) in [5, 5.41) is 0. The maximum absolute atomic E-state index is 13.7. The number of methoxy groups -OCH3 is 2. The minimum Gasteiger partial charge on any atom is -0.493 e. The van der Waals surface area contributed by atoms with E-state index in [2.05, 4.69) is 4.90 Å². The van der Waals surface area contributed by atoms with Crippen molar-refractivity contribution in [1.29, 1.82) is 0 Å². The molecule has 0 spiro atoms. The SMILES string of the molecule is COc1ccc(C(=O)N(CCN2CCOCC2)C2CC(=O)N(c3ccccc3)C2=O)cc1OC. The van der Waals surface area contributed by atoms with Gasteiger partial charge >= 0.3 is 0 Å². The molecule has 0 N–H and O–H groups in total. The molecular weight excluding hydrogens is 438 g/mol. The van der Waals surface area contributed by atoms with Gasteiger partial charge in [-0.25, -0.2) is 4.90 Å². The average Bonchev–Trinajstić information content (AvgIpc) is 3.18. The molecule has 0 bridgehead atoms. The predicted molar refractivity (Wildman–Crippen MR) is 125 cm³/mol. The molecule has 2 aliphatic heterocycles. The van der Waals surface area contributed by atoms with Gasteiger partial charge in [-0.3, -0.25) is 19.3 Å². The monoisotopic (exact) mass is 467 g/mol. The smallest absolute Gasteiger partial charge is 0.257 e. The van der Waals surface area contributed by atoms with Crippen LogP contribution in [0.1, 0.15) is 16.8 Å². The summed E-state index contributed by atoms with van der Waals surface area (Å²) >= 11 is 0. The van der Waals surface area contributed by atoms with Crippen molar-refractivity contribution in [2.45, 2.75) is 12.5 Å². The van der Waals surface area contributed by atoms with Crippen molar-refractivity contribution in [2.75, 3.05) is 58.5 Å². The van der Waals surface area contributed by atoms with Gasteiger partial charge in [0.1, 0.15) is 6.04 Å². The second-order valence-electron chi connectivity index (χ2n) is 8.15. The molecule has 0 aliphatic carbocycles. The van der Waals surface area contributed by atoms with E-state index in [1.807, 2.05) is 6.07 Å². The summed E-state index contributed by atoms with van der Waals surface area (Å²) in [4.78, 5) is 44.8. The Morgan fingerprint density at radius 1 is 1.03 bits per heavy atom. The highest BCUT2D eigenvalue weighted by Gasteiger charge is 2.44. The molecule has 2 aromatic rings. The first-order valence-electron chi connectivity index (χ1n) is 11.3. The van der Waals surface area contributed by atoms with Crippen LogP contribution in [-0.2, 0) is 14.3 Å². The number of carbonyl (C=O) groups excluding carboxylic acids is 3. The Labute approximate surface area is 198 Å². The van der Waals surface area contributed by atoms with E-state index < -0.39 is 11.9 Å². The van der Waals surface area contributed by atoms with Gasteiger partial charge in [0.25, 0.3) is 11.8 Å². The van der Waals surface area contributed by atoms with Gasteiger partial charge in [-0.15, -0.1) is 0 Å². The van der Waals surface area contributed by atoms with Crippen LogP contribution in [0.5, 0.6) is 11.5 Å². The zero-order valence-electron chi connectivity index (χ0n) is 19.4. The number of benzene rings is 2. The van der Waals surface area contributed by atoms with Gasteiger partial charge in [0.05, 0.1) is 39.5 Å². The second-order valence-corrected chi connectivity index (χ2v) is 8.15. The maximum atomic E-state index is 13.7. The summed E-state index contributed by atoms with van der Waals surface area (Å²) in [5.74, 6) is -0.137. The zero-order chi connectivity index (χ0) is 24.1. The molecule has 4 rings (SSSR count). The number of para-hydroxylation sites is 1. The summed E-state index contributed by atoms with van der Waals surface area (Å²) in [6, 6.07) is 12.8. The van der Waals surface area contributed by atoms with E-state index in [4.69, 9.17) is 14.2 Å². The number of ether oxygens (including phenoxy) is 3. The van der Waals surface area contributed by atoms with Gasteiger partial charge < -0.3 is 19.1 Å². The fraction of sp³-hybridized carbons (Fsp3) is 0.400. The molecule has 2 heterocycles. The largest absolute Gasteiger partial charge is 0.493 e. The van der Waals surface area contributed by atoms with Crippen LogP contribution in [-0.4, -0.2) is 87.2 Å². The Hall–Kier alpha value is -3.43. The van der Waals surface area contributed by atoms with Gasteiger partial charge in [0.15, 0.2) is 11.5 Å². The molecule has 0 saturated carbocycles. The van der Waals surface area contributed by atoms with Crippen molar-refractivity contribution < 1.29 is 28.6 Å². The normalized spacial score (nSPS) is 18.8. The molecular formula is C25H29N3O6. The van der Waals surface area contributed by atoms with Gasteiger partial charge in [0, 0.05) is 31.7 Å². The van der Waals surface area contributed by atoms with Crippen LogP contribution >= 0.6 is 0 Å². The first-order chi connectivity index (χ1) is 16.5. The highest BCUT2D eigenvalue weighted by Crippen LogP contribution is 2.30. The Bertz CT molecular complexity index is 1040. The molecule has 2 aromatic carbocycles. The molecule has 2 saturated heterocycles. The van der Waals surface area contributed by atoms with Gasteiger partial charge in [-0.05, 0) is 30.3 Å². The second kappa shape index (κ2) is 10.7. The standard InChI is InChI=1S/C25H29N3O6/c1-32-21-9-8-18(16-22(21)33-2)24(30)27(11-10-26-12-14-34-15-13-26)20-17-23(29)28(25(20)31)19-6-4-3-5-7-19/h3-9,16,20H,10-15,17H2,1-2H3. The highest BCUT2D eigenvalue weighted by molar-refractivity contribution is 6.23. The molecule has 180 valence electrons. The van der Waals surface area contributed by atoms with E-state index in [0.29, 0.717) is 49.1 Å². The van der Waals surface area contributed by atoms with Crippen LogP contribution in [0.15, 0.2) is 48.5 Å². The van der Waals surface area contributed by atoms with Gasteiger partial charge in [0.2, 0.25) is 5.91 Å².